The summed E-state index contributed by atoms with van der Waals surface area (Å²) in [6.45, 7) is 4.13. The fraction of sp³-hybridized carbons (Fsp3) is 0.533. The first-order chi connectivity index (χ1) is 9.56. The van der Waals surface area contributed by atoms with Crippen LogP contribution >= 0.6 is 28.3 Å². The molecular weight excluding hydrogens is 359 g/mol. The number of halogens is 3. The Morgan fingerprint density at radius 2 is 2.33 bits per heavy atom. The third-order valence-electron chi connectivity index (χ3n) is 3.85. The Morgan fingerprint density at radius 1 is 1.57 bits per heavy atom. The lowest BCUT2D eigenvalue weighted by Gasteiger charge is -2.28. The number of nitrogens with one attached hydrogen (secondary N) is 2. The number of carbonyl (C=O) groups is 1. The van der Waals surface area contributed by atoms with Gasteiger partial charge in [0.2, 0.25) is 5.91 Å². The molecule has 3 nitrogen and oxygen atoms in total. The largest absolute Gasteiger partial charge is 0.324 e. The molecule has 1 fully saturated rings. The molecule has 0 bridgehead atoms. The monoisotopic (exact) mass is 378 g/mol. The summed E-state index contributed by atoms with van der Waals surface area (Å²) in [4.78, 5) is 12.0. The highest BCUT2D eigenvalue weighted by Gasteiger charge is 2.22. The minimum atomic E-state index is -0.417. The van der Waals surface area contributed by atoms with Crippen LogP contribution in [-0.4, -0.2) is 19.0 Å². The zero-order valence-corrected chi connectivity index (χ0v) is 14.4. The molecule has 0 saturated carbocycles. The Bertz CT molecular complexity index is 481. The number of amides is 1. The molecule has 1 heterocycles. The third-order valence-corrected chi connectivity index (χ3v) is 4.35. The van der Waals surface area contributed by atoms with Gasteiger partial charge in [-0.15, -0.1) is 12.4 Å². The topological polar surface area (TPSA) is 41.1 Å². The molecule has 1 aliphatic heterocycles. The summed E-state index contributed by atoms with van der Waals surface area (Å²) in [7, 11) is 0. The van der Waals surface area contributed by atoms with Crippen LogP contribution in [0.25, 0.3) is 0 Å². The summed E-state index contributed by atoms with van der Waals surface area (Å²) in [5.74, 6) is 0.301. The van der Waals surface area contributed by atoms with Crippen molar-refractivity contribution in [3.8, 4) is 0 Å². The van der Waals surface area contributed by atoms with E-state index in [4.69, 9.17) is 0 Å². The van der Waals surface area contributed by atoms with Crippen molar-refractivity contribution in [1.29, 1.82) is 0 Å². The van der Waals surface area contributed by atoms with E-state index in [9.17, 15) is 9.18 Å². The average molecular weight is 380 g/mol. The van der Waals surface area contributed by atoms with Crippen LogP contribution in [0.5, 0.6) is 0 Å². The van der Waals surface area contributed by atoms with Crippen LogP contribution in [0.1, 0.15) is 26.2 Å². The van der Waals surface area contributed by atoms with E-state index >= 15 is 0 Å². The molecule has 0 radical (unpaired) electrons. The van der Waals surface area contributed by atoms with Crippen molar-refractivity contribution in [2.45, 2.75) is 26.2 Å². The highest BCUT2D eigenvalue weighted by atomic mass is 79.9. The molecule has 2 N–H and O–H groups in total. The maximum atomic E-state index is 13.6. The molecule has 0 aliphatic carbocycles. The Hall–Kier alpha value is -0.650. The molecule has 1 amide bonds. The number of rotatable bonds is 4. The number of hydrogen-bond donors (Lipinski definition) is 2. The number of anilines is 1. The average Bonchev–Trinajstić information content (AvgIpc) is 2.43. The van der Waals surface area contributed by atoms with Crippen molar-refractivity contribution in [1.82, 2.24) is 5.32 Å². The minimum Gasteiger partial charge on any atom is -0.324 e. The van der Waals surface area contributed by atoms with Crippen LogP contribution in [0.15, 0.2) is 22.7 Å². The van der Waals surface area contributed by atoms with E-state index in [0.717, 1.165) is 25.9 Å². The molecule has 1 aromatic rings. The normalized spacial score (nSPS) is 19.5. The van der Waals surface area contributed by atoms with Gasteiger partial charge in [0.25, 0.3) is 0 Å². The van der Waals surface area contributed by atoms with Gasteiger partial charge in [0, 0.05) is 10.9 Å². The van der Waals surface area contributed by atoms with Crippen LogP contribution in [0, 0.1) is 17.7 Å². The van der Waals surface area contributed by atoms with Gasteiger partial charge < -0.3 is 10.6 Å². The van der Waals surface area contributed by atoms with Gasteiger partial charge in [0.15, 0.2) is 0 Å². The van der Waals surface area contributed by atoms with E-state index in [2.05, 4.69) is 33.5 Å². The Morgan fingerprint density at radius 3 is 2.95 bits per heavy atom. The van der Waals surface area contributed by atoms with Crippen molar-refractivity contribution < 1.29 is 9.18 Å². The van der Waals surface area contributed by atoms with Crippen molar-refractivity contribution in [2.24, 2.45) is 11.8 Å². The maximum Gasteiger partial charge on any atom is 0.224 e. The fourth-order valence-corrected chi connectivity index (χ4v) is 2.95. The van der Waals surface area contributed by atoms with E-state index in [1.54, 1.807) is 12.1 Å². The smallest absolute Gasteiger partial charge is 0.224 e. The van der Waals surface area contributed by atoms with Gasteiger partial charge in [0.05, 0.1) is 5.69 Å². The minimum absolute atomic E-state index is 0. The Kier molecular flexibility index (Phi) is 7.63. The molecule has 1 aliphatic rings. The van der Waals surface area contributed by atoms with Crippen LogP contribution in [0.4, 0.5) is 10.1 Å². The van der Waals surface area contributed by atoms with E-state index < -0.39 is 5.82 Å². The first-order valence-corrected chi connectivity index (χ1v) is 7.81. The lowest BCUT2D eigenvalue weighted by Crippen LogP contribution is -2.34. The predicted molar refractivity (Wildman–Crippen MR) is 89.4 cm³/mol. The van der Waals surface area contributed by atoms with Crippen LogP contribution in [0.2, 0.25) is 0 Å². The predicted octanol–water partition coefficient (Wildman–Crippen LogP) is 3.97. The summed E-state index contributed by atoms with van der Waals surface area (Å²) in [6.07, 6.45) is 2.76. The van der Waals surface area contributed by atoms with E-state index in [0.29, 0.717) is 22.7 Å². The van der Waals surface area contributed by atoms with Crippen molar-refractivity contribution in [3.63, 3.8) is 0 Å². The van der Waals surface area contributed by atoms with Crippen LogP contribution in [-0.2, 0) is 4.79 Å². The number of benzene rings is 1. The molecule has 2 rings (SSSR count). The van der Waals surface area contributed by atoms with E-state index in [1.165, 1.54) is 6.07 Å². The molecule has 0 aromatic heterocycles. The summed E-state index contributed by atoms with van der Waals surface area (Å²) in [6, 6.07) is 4.64. The lowest BCUT2D eigenvalue weighted by molar-refractivity contribution is -0.117. The zero-order chi connectivity index (χ0) is 14.5. The SMILES string of the molecule is CC(CC(=O)Nc1ccc(Br)cc1F)C1CCCNC1.Cl. The second kappa shape index (κ2) is 8.71. The third kappa shape index (κ3) is 5.57. The molecule has 118 valence electrons. The zero-order valence-electron chi connectivity index (χ0n) is 12.0. The van der Waals surface area contributed by atoms with Crippen molar-refractivity contribution >= 4 is 39.9 Å². The van der Waals surface area contributed by atoms with Gasteiger partial charge in [-0.3, -0.25) is 4.79 Å². The second-order valence-electron chi connectivity index (χ2n) is 5.46. The van der Waals surface area contributed by atoms with Gasteiger partial charge in [-0.1, -0.05) is 22.9 Å². The second-order valence-corrected chi connectivity index (χ2v) is 6.38. The van der Waals surface area contributed by atoms with Crippen LogP contribution < -0.4 is 10.6 Å². The molecule has 2 unspecified atom stereocenters. The molecule has 0 spiro atoms. The molecule has 6 heteroatoms. The Balaban J connectivity index is 0.00000220. The molecule has 1 aromatic carbocycles. The van der Waals surface area contributed by atoms with E-state index in [-0.39, 0.29) is 24.0 Å². The van der Waals surface area contributed by atoms with Gasteiger partial charge in [-0.25, -0.2) is 4.39 Å². The number of hydrogen-bond acceptors (Lipinski definition) is 2. The van der Waals surface area contributed by atoms with Crippen LogP contribution in [0.3, 0.4) is 0 Å². The summed E-state index contributed by atoms with van der Waals surface area (Å²) in [5, 5.41) is 6.01. The summed E-state index contributed by atoms with van der Waals surface area (Å²) in [5.41, 5.74) is 0.243. The Labute approximate surface area is 139 Å². The molecule has 1 saturated heterocycles. The van der Waals surface area contributed by atoms with E-state index in [1.807, 2.05) is 0 Å². The van der Waals surface area contributed by atoms with Gasteiger partial charge >= 0.3 is 0 Å². The quantitative estimate of drug-likeness (QED) is 0.831. The van der Waals surface area contributed by atoms with Gasteiger partial charge in [-0.05, 0) is 56.0 Å². The van der Waals surface area contributed by atoms with Gasteiger partial charge in [0.1, 0.15) is 5.82 Å². The van der Waals surface area contributed by atoms with Crippen molar-refractivity contribution in [3.05, 3.63) is 28.5 Å². The number of carbonyl (C=O) groups excluding carboxylic acids is 1. The highest BCUT2D eigenvalue weighted by molar-refractivity contribution is 9.10. The molecular formula is C15H21BrClFN2O. The van der Waals surface area contributed by atoms with Crippen molar-refractivity contribution in [2.75, 3.05) is 18.4 Å². The molecule has 2 atom stereocenters. The first kappa shape index (κ1) is 18.4. The summed E-state index contributed by atoms with van der Waals surface area (Å²) >= 11 is 3.20. The number of piperidine rings is 1. The standard InChI is InChI=1S/C15H20BrFN2O.ClH/c1-10(11-3-2-6-18-9-11)7-15(20)19-14-5-4-12(16)8-13(14)17;/h4-5,8,10-11,18H,2-3,6-7,9H2,1H3,(H,19,20);1H. The maximum absolute atomic E-state index is 13.6. The fourth-order valence-electron chi connectivity index (χ4n) is 2.62. The molecule has 21 heavy (non-hydrogen) atoms. The first-order valence-electron chi connectivity index (χ1n) is 7.02. The van der Waals surface area contributed by atoms with Gasteiger partial charge in [-0.2, -0.15) is 0 Å². The lowest BCUT2D eigenvalue weighted by atomic mass is 9.85. The summed E-state index contributed by atoms with van der Waals surface area (Å²) < 4.78 is 14.3. The highest BCUT2D eigenvalue weighted by Crippen LogP contribution is 2.24.